The second-order valence-electron chi connectivity index (χ2n) is 11.3. The number of H-pyrrole nitrogens is 1. The summed E-state index contributed by atoms with van der Waals surface area (Å²) in [7, 11) is 0. The fourth-order valence-corrected chi connectivity index (χ4v) is 5.88. The number of carbonyl (C=O) groups excluding carboxylic acids is 1. The second kappa shape index (κ2) is 12.9. The summed E-state index contributed by atoms with van der Waals surface area (Å²) in [6.45, 7) is 21.8. The number of allylic oxidation sites excluding steroid dienone is 1. The Hall–Kier alpha value is -2.66. The molecule has 4 heterocycles. The predicted molar refractivity (Wildman–Crippen MR) is 160 cm³/mol. The van der Waals surface area contributed by atoms with Gasteiger partial charge in [-0.25, -0.2) is 4.39 Å². The van der Waals surface area contributed by atoms with Gasteiger partial charge in [-0.05, 0) is 79.8 Å². The Bertz CT molecular complexity index is 1160. The lowest BCUT2D eigenvalue weighted by Gasteiger charge is -2.39. The highest BCUT2D eigenvalue weighted by Crippen LogP contribution is 2.40. The molecule has 5 rings (SSSR count). The molecule has 1 amide bonds. The molecular weight excluding hydrogens is 473 g/mol. The zero-order valence-electron chi connectivity index (χ0n) is 24.7. The van der Waals surface area contributed by atoms with E-state index in [0.29, 0.717) is 12.3 Å². The summed E-state index contributed by atoms with van der Waals surface area (Å²) >= 11 is 0. The van der Waals surface area contributed by atoms with Crippen LogP contribution in [0.3, 0.4) is 0 Å². The van der Waals surface area contributed by atoms with Gasteiger partial charge in [-0.3, -0.25) is 9.69 Å². The number of alkyl halides is 1. The first kappa shape index (κ1) is 29.9. The van der Waals surface area contributed by atoms with Crippen LogP contribution in [-0.2, 0) is 24.1 Å². The first-order valence-electron chi connectivity index (χ1n) is 14.4. The van der Waals surface area contributed by atoms with Gasteiger partial charge in [-0.15, -0.1) is 6.58 Å². The molecule has 1 unspecified atom stereocenters. The Morgan fingerprint density at radius 3 is 2.39 bits per heavy atom. The standard InChI is InChI=1S/C27H35N3O.C4H7F.C2H6/c1-18-19(2)28-16-23(18)24-10-12-29(17-27(24,3)4)11-8-20-14-21-6-5-7-25(31)30-13-9-22(15-20)26(21)30;1-3-4(2)5;1-2/h10,14-16,28H,5-9,11-13,17H2,1-4H3;3-4H,1H2,2H3;1-2H3. The van der Waals surface area contributed by atoms with Gasteiger partial charge >= 0.3 is 0 Å². The number of aromatic nitrogens is 1. The van der Waals surface area contributed by atoms with Crippen LogP contribution in [0.4, 0.5) is 10.1 Å². The van der Waals surface area contributed by atoms with Crippen molar-refractivity contribution < 1.29 is 9.18 Å². The summed E-state index contributed by atoms with van der Waals surface area (Å²) in [5, 5.41) is 0. The van der Waals surface area contributed by atoms with Gasteiger partial charge in [-0.2, -0.15) is 0 Å². The number of rotatable bonds is 5. The molecule has 0 saturated carbocycles. The van der Waals surface area contributed by atoms with Crippen LogP contribution in [0.15, 0.2) is 37.1 Å². The van der Waals surface area contributed by atoms with Gasteiger partial charge in [0.2, 0.25) is 5.91 Å². The molecule has 0 radical (unpaired) electrons. The Kier molecular flexibility index (Phi) is 10.2. The summed E-state index contributed by atoms with van der Waals surface area (Å²) in [5.41, 5.74) is 11.1. The highest BCUT2D eigenvalue weighted by atomic mass is 19.1. The van der Waals surface area contributed by atoms with Gasteiger partial charge in [0.05, 0.1) is 5.69 Å². The van der Waals surface area contributed by atoms with Crippen molar-refractivity contribution >= 4 is 17.2 Å². The number of nitrogens with zero attached hydrogens (tertiary/aromatic N) is 2. The fourth-order valence-electron chi connectivity index (χ4n) is 5.88. The average Bonchev–Trinajstić information content (AvgIpc) is 3.42. The summed E-state index contributed by atoms with van der Waals surface area (Å²) in [6.07, 6.45) is 9.83. The smallest absolute Gasteiger partial charge is 0.227 e. The van der Waals surface area contributed by atoms with Crippen molar-refractivity contribution in [1.29, 1.82) is 0 Å². The van der Waals surface area contributed by atoms with E-state index in [-0.39, 0.29) is 5.41 Å². The molecule has 0 aliphatic carbocycles. The Labute approximate surface area is 230 Å². The maximum Gasteiger partial charge on any atom is 0.227 e. The Balaban J connectivity index is 0.000000515. The number of aryl methyl sites for hydroxylation is 2. The van der Waals surface area contributed by atoms with Crippen molar-refractivity contribution in [1.82, 2.24) is 9.88 Å². The maximum atomic E-state index is 12.4. The van der Waals surface area contributed by atoms with Gasteiger partial charge in [0.25, 0.3) is 0 Å². The quantitative estimate of drug-likeness (QED) is 0.417. The molecule has 0 spiro atoms. The summed E-state index contributed by atoms with van der Waals surface area (Å²) in [5.74, 6) is 0.316. The third kappa shape index (κ3) is 6.66. The summed E-state index contributed by atoms with van der Waals surface area (Å²) in [6, 6.07) is 4.76. The predicted octanol–water partition coefficient (Wildman–Crippen LogP) is 7.38. The lowest BCUT2D eigenvalue weighted by Crippen LogP contribution is -2.40. The normalized spacial score (nSPS) is 18.8. The van der Waals surface area contributed by atoms with Crippen molar-refractivity contribution in [3.05, 3.63) is 70.6 Å². The molecule has 1 aromatic carbocycles. The molecule has 3 aliphatic heterocycles. The zero-order valence-corrected chi connectivity index (χ0v) is 24.7. The van der Waals surface area contributed by atoms with Crippen molar-refractivity contribution in [2.45, 2.75) is 86.7 Å². The van der Waals surface area contributed by atoms with Crippen LogP contribution in [0.5, 0.6) is 0 Å². The molecule has 208 valence electrons. The van der Waals surface area contributed by atoms with E-state index in [1.165, 1.54) is 57.8 Å². The lowest BCUT2D eigenvalue weighted by atomic mass is 9.77. The first-order chi connectivity index (χ1) is 18.1. The summed E-state index contributed by atoms with van der Waals surface area (Å²) < 4.78 is 11.3. The number of carbonyl (C=O) groups is 1. The SMILES string of the molecule is C=CC(C)F.CC.Cc1[nH]cc(C2=CCN(CCc3cc4c5c(c3)CCN5C(=O)CCC4)CC2(C)C)c1C. The number of hydrogen-bond acceptors (Lipinski definition) is 2. The number of benzene rings is 1. The largest absolute Gasteiger partial charge is 0.364 e. The Morgan fingerprint density at radius 1 is 1.16 bits per heavy atom. The minimum Gasteiger partial charge on any atom is -0.364 e. The third-order valence-electron chi connectivity index (χ3n) is 7.97. The molecule has 38 heavy (non-hydrogen) atoms. The van der Waals surface area contributed by atoms with Gasteiger partial charge < -0.3 is 9.88 Å². The van der Waals surface area contributed by atoms with E-state index in [4.69, 9.17) is 0 Å². The third-order valence-corrected chi connectivity index (χ3v) is 7.97. The molecule has 5 heteroatoms. The maximum absolute atomic E-state index is 12.4. The molecule has 3 aliphatic rings. The number of amides is 1. The van der Waals surface area contributed by atoms with E-state index in [0.717, 1.165) is 51.9 Å². The van der Waals surface area contributed by atoms with E-state index in [1.54, 1.807) is 0 Å². The summed E-state index contributed by atoms with van der Waals surface area (Å²) in [4.78, 5) is 20.4. The van der Waals surface area contributed by atoms with Crippen LogP contribution in [0.1, 0.15) is 81.0 Å². The number of anilines is 1. The molecule has 2 aromatic rings. The highest BCUT2D eigenvalue weighted by molar-refractivity contribution is 5.97. The average molecular weight is 522 g/mol. The van der Waals surface area contributed by atoms with Gasteiger partial charge in [0.15, 0.2) is 0 Å². The number of hydrogen-bond donors (Lipinski definition) is 1. The van der Waals surface area contributed by atoms with Crippen molar-refractivity contribution in [2.24, 2.45) is 5.41 Å². The minimum atomic E-state index is -0.852. The minimum absolute atomic E-state index is 0.139. The number of aromatic amines is 1. The number of nitrogens with one attached hydrogen (secondary N) is 1. The van der Waals surface area contributed by atoms with Crippen LogP contribution in [0, 0.1) is 19.3 Å². The van der Waals surface area contributed by atoms with Crippen LogP contribution < -0.4 is 4.90 Å². The van der Waals surface area contributed by atoms with Gasteiger partial charge in [0.1, 0.15) is 6.17 Å². The van der Waals surface area contributed by atoms with Crippen LogP contribution in [0.25, 0.3) is 5.57 Å². The van der Waals surface area contributed by atoms with Gasteiger partial charge in [0, 0.05) is 49.9 Å². The molecular formula is C33H48FN3O. The Morgan fingerprint density at radius 2 is 1.82 bits per heavy atom. The molecule has 1 aromatic heterocycles. The second-order valence-corrected chi connectivity index (χ2v) is 11.3. The molecule has 0 fully saturated rings. The number of halogens is 1. The molecule has 0 bridgehead atoms. The van der Waals surface area contributed by atoms with E-state index >= 15 is 0 Å². The monoisotopic (exact) mass is 521 g/mol. The highest BCUT2D eigenvalue weighted by Gasteiger charge is 2.32. The van der Waals surface area contributed by atoms with Crippen molar-refractivity contribution in [3.8, 4) is 0 Å². The van der Waals surface area contributed by atoms with Crippen LogP contribution >= 0.6 is 0 Å². The van der Waals surface area contributed by atoms with Crippen LogP contribution in [0.2, 0.25) is 0 Å². The van der Waals surface area contributed by atoms with Crippen molar-refractivity contribution in [2.75, 3.05) is 31.1 Å². The van der Waals surface area contributed by atoms with E-state index in [2.05, 4.69) is 68.6 Å². The molecule has 4 nitrogen and oxygen atoms in total. The lowest BCUT2D eigenvalue weighted by molar-refractivity contribution is -0.118. The molecule has 0 saturated heterocycles. The zero-order chi connectivity index (χ0) is 28.0. The van der Waals surface area contributed by atoms with Crippen molar-refractivity contribution in [3.63, 3.8) is 0 Å². The van der Waals surface area contributed by atoms with E-state index in [9.17, 15) is 9.18 Å². The van der Waals surface area contributed by atoms with Gasteiger partial charge in [-0.1, -0.05) is 52.0 Å². The van der Waals surface area contributed by atoms with Crippen LogP contribution in [-0.4, -0.2) is 48.1 Å². The first-order valence-corrected chi connectivity index (χ1v) is 14.4. The van der Waals surface area contributed by atoms with E-state index in [1.807, 2.05) is 18.7 Å². The molecule has 1 atom stereocenters. The van der Waals surface area contributed by atoms with E-state index < -0.39 is 6.17 Å². The fraction of sp³-hybridized carbons (Fsp3) is 0.545. The topological polar surface area (TPSA) is 39.3 Å². The molecule has 1 N–H and O–H groups in total.